The topological polar surface area (TPSA) is 78.8 Å². The third-order valence-corrected chi connectivity index (χ3v) is 2.80. The quantitative estimate of drug-likeness (QED) is 0.705. The summed E-state index contributed by atoms with van der Waals surface area (Å²) in [5, 5.41) is 21.1. The predicted molar refractivity (Wildman–Crippen MR) is 73.8 cm³/mol. The fraction of sp³-hybridized carbons (Fsp3) is 0.500. The van der Waals surface area contributed by atoms with Crippen molar-refractivity contribution in [1.29, 1.82) is 0 Å². The molecule has 0 amide bonds. The van der Waals surface area contributed by atoms with Crippen LogP contribution in [0, 0.1) is 0 Å². The van der Waals surface area contributed by atoms with Crippen LogP contribution in [0.5, 0.6) is 5.75 Å². The molecule has 1 aromatic rings. The summed E-state index contributed by atoms with van der Waals surface area (Å²) in [5.74, 6) is 0.138. The fourth-order valence-corrected chi connectivity index (χ4v) is 1.80. The molecule has 0 heterocycles. The van der Waals surface area contributed by atoms with Crippen LogP contribution in [0.25, 0.3) is 0 Å². The van der Waals surface area contributed by atoms with Gasteiger partial charge in [-0.1, -0.05) is 13.8 Å². The Hall–Kier alpha value is -1.75. The maximum absolute atomic E-state index is 10.4. The average Bonchev–Trinajstić information content (AvgIpc) is 2.35. The molecule has 1 aromatic carbocycles. The number of nitrogens with one attached hydrogen (secondary N) is 1. The lowest BCUT2D eigenvalue weighted by Gasteiger charge is -2.15. The van der Waals surface area contributed by atoms with Crippen molar-refractivity contribution in [2.45, 2.75) is 32.3 Å². The van der Waals surface area contributed by atoms with Crippen molar-refractivity contribution in [3.05, 3.63) is 23.8 Å². The van der Waals surface area contributed by atoms with Crippen LogP contribution in [0.3, 0.4) is 0 Å². The summed E-state index contributed by atoms with van der Waals surface area (Å²) in [6.07, 6.45) is -1.16. The summed E-state index contributed by atoms with van der Waals surface area (Å²) in [6, 6.07) is 5.66. The van der Waals surface area contributed by atoms with Gasteiger partial charge < -0.3 is 20.3 Å². The zero-order valence-corrected chi connectivity index (χ0v) is 11.5. The summed E-state index contributed by atoms with van der Waals surface area (Å²) in [6.45, 7) is 4.35. The first-order chi connectivity index (χ1) is 8.93. The highest BCUT2D eigenvalue weighted by atomic mass is 16.5. The number of rotatable bonds is 7. The Bertz CT molecular complexity index is 431. The first kappa shape index (κ1) is 15.3. The summed E-state index contributed by atoms with van der Waals surface area (Å²) in [7, 11) is 1.63. The van der Waals surface area contributed by atoms with E-state index in [0.29, 0.717) is 5.92 Å². The molecule has 0 bridgehead atoms. The standard InChI is InChI=1S/C14H21NO4/c1-9(2)12-6-10(4-5-13(12)19-3)15-8-11(16)7-14(17)18/h4-6,9,11,15-16H,7-8H2,1-3H3,(H,17,18). The van der Waals surface area contributed by atoms with Gasteiger partial charge >= 0.3 is 5.97 Å². The highest BCUT2D eigenvalue weighted by molar-refractivity contribution is 5.67. The molecule has 106 valence electrons. The van der Waals surface area contributed by atoms with E-state index < -0.39 is 12.1 Å². The van der Waals surface area contributed by atoms with Crippen LogP contribution in [0.1, 0.15) is 31.7 Å². The Morgan fingerprint density at radius 2 is 2.11 bits per heavy atom. The molecule has 0 aromatic heterocycles. The number of methoxy groups -OCH3 is 1. The van der Waals surface area contributed by atoms with Gasteiger partial charge in [0.2, 0.25) is 0 Å². The van der Waals surface area contributed by atoms with Crippen LogP contribution in [0.2, 0.25) is 0 Å². The summed E-state index contributed by atoms with van der Waals surface area (Å²) in [5.41, 5.74) is 1.91. The minimum Gasteiger partial charge on any atom is -0.496 e. The van der Waals surface area contributed by atoms with Crippen molar-refractivity contribution in [3.8, 4) is 5.75 Å². The van der Waals surface area contributed by atoms with E-state index in [0.717, 1.165) is 17.0 Å². The van der Waals surface area contributed by atoms with E-state index in [1.165, 1.54) is 0 Å². The first-order valence-electron chi connectivity index (χ1n) is 6.25. The second-order valence-electron chi connectivity index (χ2n) is 4.74. The summed E-state index contributed by atoms with van der Waals surface area (Å²) >= 11 is 0. The minimum atomic E-state index is -1.01. The molecule has 5 heteroatoms. The fourth-order valence-electron chi connectivity index (χ4n) is 1.80. The summed E-state index contributed by atoms with van der Waals surface area (Å²) < 4.78 is 5.28. The number of benzene rings is 1. The smallest absolute Gasteiger partial charge is 0.306 e. The number of aliphatic hydroxyl groups is 1. The maximum Gasteiger partial charge on any atom is 0.306 e. The SMILES string of the molecule is COc1ccc(NCC(O)CC(=O)O)cc1C(C)C. The Balaban J connectivity index is 2.69. The molecular formula is C14H21NO4. The molecule has 5 nitrogen and oxygen atoms in total. The zero-order valence-electron chi connectivity index (χ0n) is 11.5. The van der Waals surface area contributed by atoms with Crippen LogP contribution in [-0.4, -0.2) is 35.9 Å². The van der Waals surface area contributed by atoms with Gasteiger partial charge in [-0.2, -0.15) is 0 Å². The van der Waals surface area contributed by atoms with Crippen LogP contribution < -0.4 is 10.1 Å². The van der Waals surface area contributed by atoms with Crippen LogP contribution in [0.4, 0.5) is 5.69 Å². The van der Waals surface area contributed by atoms with Gasteiger partial charge in [0, 0.05) is 12.2 Å². The second-order valence-corrected chi connectivity index (χ2v) is 4.74. The molecule has 0 fully saturated rings. The predicted octanol–water partition coefficient (Wildman–Crippen LogP) is 2.07. The monoisotopic (exact) mass is 267 g/mol. The highest BCUT2D eigenvalue weighted by Gasteiger charge is 2.11. The van der Waals surface area contributed by atoms with Gasteiger partial charge in [-0.05, 0) is 29.7 Å². The van der Waals surface area contributed by atoms with Gasteiger partial charge in [-0.3, -0.25) is 4.79 Å². The van der Waals surface area contributed by atoms with Crippen LogP contribution in [0.15, 0.2) is 18.2 Å². The van der Waals surface area contributed by atoms with Gasteiger partial charge in [-0.15, -0.1) is 0 Å². The number of aliphatic carboxylic acids is 1. The molecule has 19 heavy (non-hydrogen) atoms. The van der Waals surface area contributed by atoms with Gasteiger partial charge in [0.05, 0.1) is 19.6 Å². The first-order valence-corrected chi connectivity index (χ1v) is 6.25. The lowest BCUT2D eigenvalue weighted by molar-refractivity contribution is -0.138. The van der Waals surface area contributed by atoms with Crippen molar-refractivity contribution in [2.75, 3.05) is 19.0 Å². The third-order valence-electron chi connectivity index (χ3n) is 2.80. The van der Waals surface area contributed by atoms with Gasteiger partial charge in [-0.25, -0.2) is 0 Å². The van der Waals surface area contributed by atoms with E-state index in [1.54, 1.807) is 7.11 Å². The summed E-state index contributed by atoms with van der Waals surface area (Å²) in [4.78, 5) is 10.4. The lowest BCUT2D eigenvalue weighted by Crippen LogP contribution is -2.22. The molecule has 1 unspecified atom stereocenters. The van der Waals surface area contributed by atoms with Crippen molar-refractivity contribution in [1.82, 2.24) is 0 Å². The number of carboxylic acids is 1. The van der Waals surface area contributed by atoms with Crippen LogP contribution in [-0.2, 0) is 4.79 Å². The Labute approximate surface area is 113 Å². The molecule has 0 saturated carbocycles. The highest BCUT2D eigenvalue weighted by Crippen LogP contribution is 2.29. The molecule has 0 aliphatic carbocycles. The molecule has 0 saturated heterocycles. The number of aliphatic hydroxyl groups excluding tert-OH is 1. The largest absolute Gasteiger partial charge is 0.496 e. The molecule has 3 N–H and O–H groups in total. The number of carboxylic acid groups (broad SMARTS) is 1. The van der Waals surface area contributed by atoms with E-state index in [4.69, 9.17) is 9.84 Å². The average molecular weight is 267 g/mol. The van der Waals surface area contributed by atoms with E-state index in [2.05, 4.69) is 19.2 Å². The van der Waals surface area contributed by atoms with Crippen molar-refractivity contribution in [2.24, 2.45) is 0 Å². The van der Waals surface area contributed by atoms with Gasteiger partial charge in [0.15, 0.2) is 0 Å². The van der Waals surface area contributed by atoms with Gasteiger partial charge in [0.25, 0.3) is 0 Å². The second kappa shape index (κ2) is 6.99. The maximum atomic E-state index is 10.4. The molecule has 1 atom stereocenters. The minimum absolute atomic E-state index is 0.205. The zero-order chi connectivity index (χ0) is 14.4. The number of ether oxygens (including phenoxy) is 1. The number of anilines is 1. The van der Waals surface area contributed by atoms with Crippen LogP contribution >= 0.6 is 0 Å². The molecule has 0 radical (unpaired) electrons. The lowest BCUT2D eigenvalue weighted by atomic mass is 10.0. The van der Waals surface area contributed by atoms with Crippen molar-refractivity contribution < 1.29 is 19.7 Å². The van der Waals surface area contributed by atoms with E-state index in [9.17, 15) is 9.90 Å². The Kier molecular flexibility index (Phi) is 5.63. The van der Waals surface area contributed by atoms with Crippen molar-refractivity contribution in [3.63, 3.8) is 0 Å². The Morgan fingerprint density at radius 3 is 2.63 bits per heavy atom. The van der Waals surface area contributed by atoms with E-state index in [-0.39, 0.29) is 13.0 Å². The molecule has 0 aliphatic rings. The van der Waals surface area contributed by atoms with Gasteiger partial charge in [0.1, 0.15) is 5.75 Å². The normalized spacial score (nSPS) is 12.3. The van der Waals surface area contributed by atoms with E-state index >= 15 is 0 Å². The molecule has 0 aliphatic heterocycles. The number of hydrogen-bond donors (Lipinski definition) is 3. The number of hydrogen-bond acceptors (Lipinski definition) is 4. The van der Waals surface area contributed by atoms with Crippen molar-refractivity contribution >= 4 is 11.7 Å². The number of carbonyl (C=O) groups is 1. The molecular weight excluding hydrogens is 246 g/mol. The Morgan fingerprint density at radius 1 is 1.42 bits per heavy atom. The molecule has 0 spiro atoms. The molecule has 1 rings (SSSR count). The van der Waals surface area contributed by atoms with E-state index in [1.807, 2.05) is 18.2 Å². The third kappa shape index (κ3) is 4.79.